The van der Waals surface area contributed by atoms with Gasteiger partial charge in [-0.1, -0.05) is 11.6 Å². The summed E-state index contributed by atoms with van der Waals surface area (Å²) in [5, 5.41) is 1.89. The number of hydrogen-bond donors (Lipinski definition) is 1. The molecule has 0 atom stereocenters. The first kappa shape index (κ1) is 21.4. The number of carbonyl (C=O) groups is 2. The standard InChI is InChI=1S/C18H15ClF3NO5/c1-26-15-7-10(3-6-14(15)28-9-16(24)27-2)17(25)23-11-4-5-13(19)12(8-11)18(20,21)22/h3-8H,9H2,1-2H3,(H,23,25). The molecule has 0 aliphatic heterocycles. The summed E-state index contributed by atoms with van der Waals surface area (Å²) in [4.78, 5) is 23.5. The van der Waals surface area contributed by atoms with E-state index in [1.165, 1.54) is 38.5 Å². The van der Waals surface area contributed by atoms with Crippen LogP contribution >= 0.6 is 11.6 Å². The van der Waals surface area contributed by atoms with E-state index in [0.717, 1.165) is 12.1 Å². The summed E-state index contributed by atoms with van der Waals surface area (Å²) in [5.74, 6) is -0.931. The number of rotatable bonds is 6. The normalized spacial score (nSPS) is 10.9. The van der Waals surface area contributed by atoms with Gasteiger partial charge in [-0.05, 0) is 36.4 Å². The molecule has 10 heteroatoms. The Balaban J connectivity index is 2.19. The summed E-state index contributed by atoms with van der Waals surface area (Å²) < 4.78 is 53.6. The second-order valence-electron chi connectivity index (χ2n) is 5.38. The number of hydrogen-bond acceptors (Lipinski definition) is 5. The van der Waals surface area contributed by atoms with Gasteiger partial charge in [0.25, 0.3) is 5.91 Å². The van der Waals surface area contributed by atoms with Crippen LogP contribution in [0.25, 0.3) is 0 Å². The lowest BCUT2D eigenvalue weighted by Crippen LogP contribution is -2.15. The lowest BCUT2D eigenvalue weighted by Gasteiger charge is -2.13. The van der Waals surface area contributed by atoms with Gasteiger partial charge in [0.15, 0.2) is 18.1 Å². The molecule has 0 radical (unpaired) electrons. The number of ether oxygens (including phenoxy) is 3. The van der Waals surface area contributed by atoms with Crippen LogP contribution in [0.3, 0.4) is 0 Å². The lowest BCUT2D eigenvalue weighted by molar-refractivity contribution is -0.143. The molecule has 0 saturated carbocycles. The molecule has 0 aliphatic rings. The summed E-state index contributed by atoms with van der Waals surface area (Å²) in [5.41, 5.74) is -1.03. The van der Waals surface area contributed by atoms with E-state index in [1.807, 2.05) is 0 Å². The zero-order chi connectivity index (χ0) is 20.9. The van der Waals surface area contributed by atoms with Crippen LogP contribution in [0.2, 0.25) is 5.02 Å². The van der Waals surface area contributed by atoms with Gasteiger partial charge in [0.2, 0.25) is 0 Å². The van der Waals surface area contributed by atoms with Crippen LogP contribution in [-0.2, 0) is 15.7 Å². The smallest absolute Gasteiger partial charge is 0.417 e. The predicted octanol–water partition coefficient (Wildman–Crippen LogP) is 4.17. The maximum atomic E-state index is 12.9. The molecule has 0 heterocycles. The van der Waals surface area contributed by atoms with E-state index in [-0.39, 0.29) is 29.4 Å². The average molecular weight is 418 g/mol. The first-order chi connectivity index (χ1) is 13.2. The largest absolute Gasteiger partial charge is 0.493 e. The maximum Gasteiger partial charge on any atom is 0.417 e. The Labute approximate surface area is 163 Å². The van der Waals surface area contributed by atoms with Gasteiger partial charge in [-0.15, -0.1) is 0 Å². The predicted molar refractivity (Wildman–Crippen MR) is 94.9 cm³/mol. The van der Waals surface area contributed by atoms with E-state index in [4.69, 9.17) is 21.1 Å². The molecule has 0 spiro atoms. The quantitative estimate of drug-likeness (QED) is 0.714. The number of halogens is 4. The van der Waals surface area contributed by atoms with E-state index in [9.17, 15) is 22.8 Å². The first-order valence-corrected chi connectivity index (χ1v) is 8.09. The monoisotopic (exact) mass is 417 g/mol. The van der Waals surface area contributed by atoms with Gasteiger partial charge in [0, 0.05) is 11.3 Å². The Kier molecular flexibility index (Phi) is 6.74. The molecule has 6 nitrogen and oxygen atoms in total. The first-order valence-electron chi connectivity index (χ1n) is 7.71. The molecule has 150 valence electrons. The molecule has 2 rings (SSSR count). The zero-order valence-electron chi connectivity index (χ0n) is 14.7. The molecule has 0 aromatic heterocycles. The van der Waals surface area contributed by atoms with Crippen molar-refractivity contribution in [3.05, 3.63) is 52.5 Å². The van der Waals surface area contributed by atoms with Crippen molar-refractivity contribution >= 4 is 29.2 Å². The van der Waals surface area contributed by atoms with Crippen molar-refractivity contribution in [1.29, 1.82) is 0 Å². The number of benzene rings is 2. The third-order valence-electron chi connectivity index (χ3n) is 3.53. The molecule has 2 aromatic carbocycles. The van der Waals surface area contributed by atoms with Gasteiger partial charge in [0.1, 0.15) is 0 Å². The Morgan fingerprint density at radius 1 is 1.07 bits per heavy atom. The Bertz CT molecular complexity index is 886. The topological polar surface area (TPSA) is 73.9 Å². The third kappa shape index (κ3) is 5.29. The number of nitrogens with one attached hydrogen (secondary N) is 1. The van der Waals surface area contributed by atoms with Crippen molar-refractivity contribution in [3.63, 3.8) is 0 Å². The minimum atomic E-state index is -4.65. The minimum Gasteiger partial charge on any atom is -0.493 e. The van der Waals surface area contributed by atoms with Crippen molar-refractivity contribution in [2.45, 2.75) is 6.18 Å². The third-order valence-corrected chi connectivity index (χ3v) is 3.86. The molecular weight excluding hydrogens is 403 g/mol. The zero-order valence-corrected chi connectivity index (χ0v) is 15.5. The van der Waals surface area contributed by atoms with Gasteiger partial charge in [-0.2, -0.15) is 13.2 Å². The van der Waals surface area contributed by atoms with Gasteiger partial charge in [0.05, 0.1) is 24.8 Å². The van der Waals surface area contributed by atoms with Crippen LogP contribution in [0, 0.1) is 0 Å². The highest BCUT2D eigenvalue weighted by Crippen LogP contribution is 2.36. The van der Waals surface area contributed by atoms with E-state index < -0.39 is 28.6 Å². The highest BCUT2D eigenvalue weighted by molar-refractivity contribution is 6.31. The van der Waals surface area contributed by atoms with Crippen molar-refractivity contribution in [2.75, 3.05) is 26.1 Å². The van der Waals surface area contributed by atoms with Gasteiger partial charge < -0.3 is 19.5 Å². The average Bonchev–Trinajstić information content (AvgIpc) is 2.66. The number of carbonyl (C=O) groups excluding carboxylic acids is 2. The van der Waals surface area contributed by atoms with E-state index >= 15 is 0 Å². The van der Waals surface area contributed by atoms with Crippen molar-refractivity contribution in [3.8, 4) is 11.5 Å². The highest BCUT2D eigenvalue weighted by atomic mass is 35.5. The summed E-state index contributed by atoms with van der Waals surface area (Å²) in [6.07, 6.45) is -4.65. The summed E-state index contributed by atoms with van der Waals surface area (Å²) in [6, 6.07) is 7.11. The molecule has 1 N–H and O–H groups in total. The molecule has 0 unspecified atom stereocenters. The molecular formula is C18H15ClF3NO5. The van der Waals surface area contributed by atoms with Crippen LogP contribution in [0.1, 0.15) is 15.9 Å². The van der Waals surface area contributed by atoms with Crippen LogP contribution in [0.5, 0.6) is 11.5 Å². The summed E-state index contributed by atoms with van der Waals surface area (Å²) in [6.45, 7) is -0.358. The SMILES string of the molecule is COC(=O)COc1ccc(C(=O)Nc2ccc(Cl)c(C(F)(F)F)c2)cc1OC. The second-order valence-corrected chi connectivity index (χ2v) is 5.78. The van der Waals surface area contributed by atoms with E-state index in [2.05, 4.69) is 10.1 Å². The molecule has 2 aromatic rings. The van der Waals surface area contributed by atoms with E-state index in [1.54, 1.807) is 0 Å². The number of methoxy groups -OCH3 is 2. The molecule has 0 bridgehead atoms. The van der Waals surface area contributed by atoms with Crippen LogP contribution in [0.4, 0.5) is 18.9 Å². The molecule has 0 fully saturated rings. The Morgan fingerprint density at radius 3 is 2.39 bits per heavy atom. The van der Waals surface area contributed by atoms with Crippen molar-refractivity contribution < 1.29 is 37.0 Å². The maximum absolute atomic E-state index is 12.9. The van der Waals surface area contributed by atoms with E-state index in [0.29, 0.717) is 0 Å². The van der Waals surface area contributed by atoms with Crippen LogP contribution in [-0.4, -0.2) is 32.7 Å². The summed E-state index contributed by atoms with van der Waals surface area (Å²) in [7, 11) is 2.54. The number of alkyl halides is 3. The molecule has 0 aliphatic carbocycles. The number of anilines is 1. The Morgan fingerprint density at radius 2 is 1.79 bits per heavy atom. The number of esters is 1. The van der Waals surface area contributed by atoms with Gasteiger partial charge in [-0.3, -0.25) is 4.79 Å². The van der Waals surface area contributed by atoms with Crippen LogP contribution < -0.4 is 14.8 Å². The van der Waals surface area contributed by atoms with Gasteiger partial charge >= 0.3 is 12.1 Å². The summed E-state index contributed by atoms with van der Waals surface area (Å²) >= 11 is 5.56. The lowest BCUT2D eigenvalue weighted by atomic mass is 10.1. The second kappa shape index (κ2) is 8.83. The molecule has 28 heavy (non-hydrogen) atoms. The Hall–Kier alpha value is -2.94. The number of amides is 1. The fourth-order valence-electron chi connectivity index (χ4n) is 2.15. The fourth-order valence-corrected chi connectivity index (χ4v) is 2.37. The molecule has 1 amide bonds. The van der Waals surface area contributed by atoms with Crippen LogP contribution in [0.15, 0.2) is 36.4 Å². The van der Waals surface area contributed by atoms with Crippen molar-refractivity contribution in [2.24, 2.45) is 0 Å². The molecule has 0 saturated heterocycles. The fraction of sp³-hybridized carbons (Fsp3) is 0.222. The minimum absolute atomic E-state index is 0.0771. The van der Waals surface area contributed by atoms with Gasteiger partial charge in [-0.25, -0.2) is 4.79 Å². The van der Waals surface area contributed by atoms with Crippen molar-refractivity contribution in [1.82, 2.24) is 0 Å². The highest BCUT2D eigenvalue weighted by Gasteiger charge is 2.33.